The number of ether oxygens (including phenoxy) is 1. The van der Waals surface area contributed by atoms with Crippen LogP contribution in [0.5, 0.6) is 0 Å². The summed E-state index contributed by atoms with van der Waals surface area (Å²) in [6.07, 6.45) is 2.63. The van der Waals surface area contributed by atoms with Gasteiger partial charge in [0, 0.05) is 24.5 Å². The molecule has 0 saturated carbocycles. The van der Waals surface area contributed by atoms with E-state index in [0.717, 1.165) is 12.8 Å². The van der Waals surface area contributed by atoms with E-state index in [0.29, 0.717) is 40.6 Å². The summed E-state index contributed by atoms with van der Waals surface area (Å²) < 4.78 is 7.43. The fourth-order valence-corrected chi connectivity index (χ4v) is 3.68. The molecule has 3 rings (SSSR count). The average Bonchev–Trinajstić information content (AvgIpc) is 2.88. The predicted octanol–water partition coefficient (Wildman–Crippen LogP) is 3.63. The minimum atomic E-state index is -0.621. The maximum Gasteiger partial charge on any atom is 0.205 e. The maximum atomic E-state index is 12.7. The van der Waals surface area contributed by atoms with Crippen LogP contribution in [0.1, 0.15) is 62.9 Å². The van der Waals surface area contributed by atoms with Gasteiger partial charge in [0.15, 0.2) is 5.78 Å². The summed E-state index contributed by atoms with van der Waals surface area (Å²) >= 11 is 6.57. The zero-order valence-electron chi connectivity index (χ0n) is 14.6. The van der Waals surface area contributed by atoms with E-state index < -0.39 is 5.92 Å². The summed E-state index contributed by atoms with van der Waals surface area (Å²) in [5.74, 6) is -0.0312. The second-order valence-electron chi connectivity index (χ2n) is 6.52. The van der Waals surface area contributed by atoms with Gasteiger partial charge >= 0.3 is 0 Å². The Hall–Kier alpha value is -2.26. The summed E-state index contributed by atoms with van der Waals surface area (Å²) in [5.41, 5.74) is 8.05. The Morgan fingerprint density at radius 1 is 1.52 bits per heavy atom. The molecule has 25 heavy (non-hydrogen) atoms. The van der Waals surface area contributed by atoms with Gasteiger partial charge in [0.25, 0.3) is 0 Å². The van der Waals surface area contributed by atoms with Gasteiger partial charge in [-0.05, 0) is 26.7 Å². The van der Waals surface area contributed by atoms with E-state index in [1.807, 2.05) is 18.5 Å². The number of ketones is 1. The van der Waals surface area contributed by atoms with Gasteiger partial charge in [-0.3, -0.25) is 9.48 Å². The molecule has 7 heteroatoms. The van der Waals surface area contributed by atoms with Crippen molar-refractivity contribution in [1.29, 1.82) is 5.26 Å². The Morgan fingerprint density at radius 2 is 2.24 bits per heavy atom. The highest BCUT2D eigenvalue weighted by atomic mass is 35.5. The average molecular weight is 361 g/mol. The molecule has 0 bridgehead atoms. The van der Waals surface area contributed by atoms with Crippen LogP contribution in [0.15, 0.2) is 22.8 Å². The number of nitrogens with two attached hydrogens (primary N) is 1. The van der Waals surface area contributed by atoms with Crippen molar-refractivity contribution in [1.82, 2.24) is 9.78 Å². The molecule has 1 aromatic rings. The molecule has 2 aliphatic rings. The van der Waals surface area contributed by atoms with Gasteiger partial charge in [-0.1, -0.05) is 18.5 Å². The van der Waals surface area contributed by atoms with Crippen LogP contribution in [0.25, 0.3) is 0 Å². The number of hydrogen-bond donors (Lipinski definition) is 1. The molecule has 0 fully saturated rings. The normalized spacial score (nSPS) is 21.7. The minimum Gasteiger partial charge on any atom is -0.444 e. The summed E-state index contributed by atoms with van der Waals surface area (Å²) in [6.45, 7) is 5.90. The molecule has 1 aliphatic carbocycles. The van der Waals surface area contributed by atoms with Gasteiger partial charge in [0.1, 0.15) is 17.4 Å². The number of allylic oxidation sites excluding steroid dienone is 3. The van der Waals surface area contributed by atoms with Gasteiger partial charge in [0.05, 0.1) is 22.3 Å². The molecule has 2 atom stereocenters. The highest BCUT2D eigenvalue weighted by molar-refractivity contribution is 6.32. The smallest absolute Gasteiger partial charge is 0.205 e. The summed E-state index contributed by atoms with van der Waals surface area (Å²) in [5, 5.41) is 14.7. The molecule has 0 saturated heterocycles. The fourth-order valence-electron chi connectivity index (χ4n) is 3.44. The maximum absolute atomic E-state index is 12.7. The van der Waals surface area contributed by atoms with Crippen LogP contribution in [-0.4, -0.2) is 15.6 Å². The SMILES string of the molecule is CCC(C)n1nc(C)c(Cl)c1C1C(C#N)=C(N)OC2=C1C(=O)CCC2. The van der Waals surface area contributed by atoms with E-state index in [4.69, 9.17) is 22.1 Å². The lowest BCUT2D eigenvalue weighted by molar-refractivity contribution is -0.116. The Morgan fingerprint density at radius 3 is 2.88 bits per heavy atom. The van der Waals surface area contributed by atoms with E-state index in [9.17, 15) is 10.1 Å². The quantitative estimate of drug-likeness (QED) is 0.888. The molecule has 132 valence electrons. The second kappa shape index (κ2) is 6.57. The van der Waals surface area contributed by atoms with E-state index in [2.05, 4.69) is 18.1 Å². The molecule has 1 aliphatic heterocycles. The van der Waals surface area contributed by atoms with Gasteiger partial charge in [-0.25, -0.2) is 0 Å². The highest BCUT2D eigenvalue weighted by Gasteiger charge is 2.41. The molecule has 1 aromatic heterocycles. The van der Waals surface area contributed by atoms with Crippen molar-refractivity contribution in [2.75, 3.05) is 0 Å². The molecule has 0 aromatic carbocycles. The fraction of sp³-hybridized carbons (Fsp3) is 0.500. The van der Waals surface area contributed by atoms with Crippen LogP contribution in [0, 0.1) is 18.3 Å². The summed E-state index contributed by atoms with van der Waals surface area (Å²) in [6, 6.07) is 2.20. The lowest BCUT2D eigenvalue weighted by Gasteiger charge is -2.31. The number of halogens is 1. The van der Waals surface area contributed by atoms with E-state index in [1.54, 1.807) is 0 Å². The largest absolute Gasteiger partial charge is 0.444 e. The van der Waals surface area contributed by atoms with Crippen LogP contribution in [0.3, 0.4) is 0 Å². The molecule has 2 N–H and O–H groups in total. The second-order valence-corrected chi connectivity index (χ2v) is 6.90. The van der Waals surface area contributed by atoms with Crippen LogP contribution < -0.4 is 5.73 Å². The number of Topliss-reactive ketones (excluding diaryl/α,β-unsaturated/α-hetero) is 1. The van der Waals surface area contributed by atoms with E-state index >= 15 is 0 Å². The number of rotatable bonds is 3. The number of nitrogens with zero attached hydrogens (tertiary/aromatic N) is 3. The van der Waals surface area contributed by atoms with Crippen LogP contribution >= 0.6 is 11.6 Å². The lowest BCUT2D eigenvalue weighted by atomic mass is 9.79. The number of carbonyl (C=O) groups is 1. The van der Waals surface area contributed by atoms with Gasteiger partial charge in [-0.15, -0.1) is 0 Å². The standard InChI is InChI=1S/C18H21ClN4O2/c1-4-9(2)23-17(16(19)10(3)22-23)14-11(8-20)18(21)25-13-7-5-6-12(24)15(13)14/h9,14H,4-7,21H2,1-3H3. The number of aromatic nitrogens is 2. The third-order valence-electron chi connectivity index (χ3n) is 4.93. The topological polar surface area (TPSA) is 93.9 Å². The van der Waals surface area contributed by atoms with Crippen molar-refractivity contribution in [3.63, 3.8) is 0 Å². The molecule has 2 unspecified atom stereocenters. The molecular formula is C18H21ClN4O2. The first kappa shape index (κ1) is 17.6. The number of hydrogen-bond acceptors (Lipinski definition) is 5. The Bertz CT molecular complexity index is 844. The zero-order valence-corrected chi connectivity index (χ0v) is 15.4. The molecule has 6 nitrogen and oxygen atoms in total. The Kier molecular flexibility index (Phi) is 4.61. The van der Waals surface area contributed by atoms with E-state index in [1.165, 1.54) is 0 Å². The first-order valence-corrected chi connectivity index (χ1v) is 8.86. The molecule has 0 radical (unpaired) electrons. The molecule has 2 heterocycles. The molecule has 0 spiro atoms. The van der Waals surface area contributed by atoms with Gasteiger partial charge in [-0.2, -0.15) is 10.4 Å². The van der Waals surface area contributed by atoms with Crippen LogP contribution in [0.2, 0.25) is 5.02 Å². The predicted molar refractivity (Wildman–Crippen MR) is 93.5 cm³/mol. The van der Waals surface area contributed by atoms with Crippen molar-refractivity contribution >= 4 is 17.4 Å². The Balaban J connectivity index is 2.29. The summed E-state index contributed by atoms with van der Waals surface area (Å²) in [7, 11) is 0. The zero-order chi connectivity index (χ0) is 18.3. The van der Waals surface area contributed by atoms with Crippen LogP contribution in [0.4, 0.5) is 0 Å². The Labute approximate surface area is 151 Å². The first-order valence-electron chi connectivity index (χ1n) is 8.48. The molecular weight excluding hydrogens is 340 g/mol. The first-order chi connectivity index (χ1) is 11.9. The van der Waals surface area contributed by atoms with Gasteiger partial charge in [0.2, 0.25) is 5.88 Å². The minimum absolute atomic E-state index is 0.0166. The summed E-state index contributed by atoms with van der Waals surface area (Å²) in [4.78, 5) is 12.7. The van der Waals surface area contributed by atoms with E-state index in [-0.39, 0.29) is 23.3 Å². The monoisotopic (exact) mass is 360 g/mol. The lowest BCUT2D eigenvalue weighted by Crippen LogP contribution is -2.29. The van der Waals surface area contributed by atoms with Crippen molar-refractivity contribution in [3.05, 3.63) is 39.2 Å². The number of aryl methyl sites for hydroxylation is 1. The van der Waals surface area contributed by atoms with Crippen LogP contribution in [-0.2, 0) is 9.53 Å². The highest BCUT2D eigenvalue weighted by Crippen LogP contribution is 2.46. The van der Waals surface area contributed by atoms with Gasteiger partial charge < -0.3 is 10.5 Å². The number of carbonyl (C=O) groups excluding carboxylic acids is 1. The number of nitriles is 1. The third kappa shape index (κ3) is 2.73. The van der Waals surface area contributed by atoms with Crippen molar-refractivity contribution in [3.8, 4) is 6.07 Å². The van der Waals surface area contributed by atoms with Crippen molar-refractivity contribution in [2.24, 2.45) is 5.73 Å². The molecule has 0 amide bonds. The van der Waals surface area contributed by atoms with Crippen molar-refractivity contribution in [2.45, 2.75) is 58.4 Å². The third-order valence-corrected chi connectivity index (χ3v) is 5.40. The van der Waals surface area contributed by atoms with Crippen molar-refractivity contribution < 1.29 is 9.53 Å².